The molecular weight excluding hydrogens is 264 g/mol. The lowest BCUT2D eigenvalue weighted by atomic mass is 10.1. The SMILES string of the molecule is CC(c1ccccc1)n1nnnc1-c1cc(N)cc(N)c1. The van der Waals surface area contributed by atoms with Crippen molar-refractivity contribution in [3.8, 4) is 11.4 Å². The molecular formula is C15H16N6. The lowest BCUT2D eigenvalue weighted by Crippen LogP contribution is -2.10. The first-order valence-corrected chi connectivity index (χ1v) is 6.64. The molecule has 1 heterocycles. The van der Waals surface area contributed by atoms with Crippen molar-refractivity contribution < 1.29 is 0 Å². The van der Waals surface area contributed by atoms with Crippen LogP contribution in [0.3, 0.4) is 0 Å². The van der Waals surface area contributed by atoms with E-state index in [-0.39, 0.29) is 6.04 Å². The van der Waals surface area contributed by atoms with E-state index in [1.54, 1.807) is 10.7 Å². The van der Waals surface area contributed by atoms with Gasteiger partial charge in [0.25, 0.3) is 0 Å². The molecule has 0 amide bonds. The topological polar surface area (TPSA) is 95.6 Å². The highest BCUT2D eigenvalue weighted by Crippen LogP contribution is 2.26. The molecule has 21 heavy (non-hydrogen) atoms. The number of rotatable bonds is 3. The van der Waals surface area contributed by atoms with Gasteiger partial charge >= 0.3 is 0 Å². The van der Waals surface area contributed by atoms with Crippen molar-refractivity contribution in [2.75, 3.05) is 11.5 Å². The number of nitrogens with zero attached hydrogens (tertiary/aromatic N) is 4. The van der Waals surface area contributed by atoms with Gasteiger partial charge in [-0.25, -0.2) is 4.68 Å². The molecule has 0 aliphatic heterocycles. The number of nitrogens with two attached hydrogens (primary N) is 2. The van der Waals surface area contributed by atoms with Crippen molar-refractivity contribution in [2.45, 2.75) is 13.0 Å². The number of tetrazole rings is 1. The summed E-state index contributed by atoms with van der Waals surface area (Å²) < 4.78 is 1.77. The van der Waals surface area contributed by atoms with Crippen LogP contribution in [0.15, 0.2) is 48.5 Å². The predicted octanol–water partition coefficient (Wildman–Crippen LogP) is 2.11. The van der Waals surface area contributed by atoms with Crippen LogP contribution in [-0.2, 0) is 0 Å². The van der Waals surface area contributed by atoms with Crippen LogP contribution in [0.4, 0.5) is 11.4 Å². The molecule has 4 N–H and O–H groups in total. The summed E-state index contributed by atoms with van der Waals surface area (Å²) in [4.78, 5) is 0. The van der Waals surface area contributed by atoms with Gasteiger partial charge in [0, 0.05) is 16.9 Å². The number of hydrogen-bond acceptors (Lipinski definition) is 5. The number of aromatic nitrogens is 4. The molecule has 0 spiro atoms. The van der Waals surface area contributed by atoms with Crippen LogP contribution in [0.5, 0.6) is 0 Å². The standard InChI is InChI=1S/C15H16N6/c1-10(11-5-3-2-4-6-11)21-15(18-19-20-21)12-7-13(16)9-14(17)8-12/h2-10H,16-17H2,1H3. The van der Waals surface area contributed by atoms with E-state index in [4.69, 9.17) is 11.5 Å². The summed E-state index contributed by atoms with van der Waals surface area (Å²) in [7, 11) is 0. The maximum atomic E-state index is 5.84. The molecule has 0 bridgehead atoms. The van der Waals surface area contributed by atoms with E-state index < -0.39 is 0 Å². The zero-order valence-corrected chi connectivity index (χ0v) is 11.6. The Morgan fingerprint density at radius 1 is 1.00 bits per heavy atom. The summed E-state index contributed by atoms with van der Waals surface area (Å²) in [6.07, 6.45) is 0. The van der Waals surface area contributed by atoms with E-state index >= 15 is 0 Å². The average molecular weight is 280 g/mol. The van der Waals surface area contributed by atoms with E-state index in [1.165, 1.54) is 0 Å². The molecule has 6 heteroatoms. The van der Waals surface area contributed by atoms with Gasteiger partial charge in [0.15, 0.2) is 5.82 Å². The van der Waals surface area contributed by atoms with Gasteiger partial charge in [-0.2, -0.15) is 0 Å². The third-order valence-electron chi connectivity index (χ3n) is 3.38. The van der Waals surface area contributed by atoms with E-state index in [1.807, 2.05) is 49.4 Å². The van der Waals surface area contributed by atoms with Gasteiger partial charge in [0.1, 0.15) is 0 Å². The van der Waals surface area contributed by atoms with Crippen LogP contribution in [0.1, 0.15) is 18.5 Å². The maximum Gasteiger partial charge on any atom is 0.182 e. The van der Waals surface area contributed by atoms with Crippen molar-refractivity contribution >= 4 is 11.4 Å². The van der Waals surface area contributed by atoms with Gasteiger partial charge in [0.05, 0.1) is 6.04 Å². The third kappa shape index (κ3) is 2.55. The highest BCUT2D eigenvalue weighted by Gasteiger charge is 2.16. The van der Waals surface area contributed by atoms with E-state index in [9.17, 15) is 0 Å². The normalized spacial score (nSPS) is 12.2. The molecule has 1 unspecified atom stereocenters. The van der Waals surface area contributed by atoms with Crippen molar-refractivity contribution in [1.29, 1.82) is 0 Å². The zero-order chi connectivity index (χ0) is 14.8. The molecule has 1 atom stereocenters. The first-order chi connectivity index (χ1) is 10.1. The Morgan fingerprint density at radius 2 is 1.67 bits per heavy atom. The van der Waals surface area contributed by atoms with Gasteiger partial charge in [-0.15, -0.1) is 5.10 Å². The molecule has 0 saturated heterocycles. The van der Waals surface area contributed by atoms with Gasteiger partial charge in [-0.05, 0) is 41.1 Å². The summed E-state index contributed by atoms with van der Waals surface area (Å²) in [5.41, 5.74) is 14.8. The van der Waals surface area contributed by atoms with E-state index in [0.29, 0.717) is 17.2 Å². The van der Waals surface area contributed by atoms with Gasteiger partial charge in [-0.3, -0.25) is 0 Å². The number of anilines is 2. The monoisotopic (exact) mass is 280 g/mol. The zero-order valence-electron chi connectivity index (χ0n) is 11.6. The van der Waals surface area contributed by atoms with Crippen LogP contribution in [-0.4, -0.2) is 20.2 Å². The Bertz CT molecular complexity index is 730. The minimum atomic E-state index is 0.0128. The smallest absolute Gasteiger partial charge is 0.182 e. The lowest BCUT2D eigenvalue weighted by molar-refractivity contribution is 0.548. The molecule has 0 aliphatic rings. The van der Waals surface area contributed by atoms with Crippen molar-refractivity contribution in [3.63, 3.8) is 0 Å². The van der Waals surface area contributed by atoms with Gasteiger partial charge < -0.3 is 11.5 Å². The fourth-order valence-corrected chi connectivity index (χ4v) is 2.32. The first kappa shape index (κ1) is 13.1. The van der Waals surface area contributed by atoms with Crippen LogP contribution < -0.4 is 11.5 Å². The average Bonchev–Trinajstić information content (AvgIpc) is 2.96. The summed E-state index contributed by atoms with van der Waals surface area (Å²) in [5.74, 6) is 0.644. The summed E-state index contributed by atoms with van der Waals surface area (Å²) in [6.45, 7) is 2.05. The van der Waals surface area contributed by atoms with E-state index in [2.05, 4.69) is 15.5 Å². The Morgan fingerprint density at radius 3 is 2.33 bits per heavy atom. The number of hydrogen-bond donors (Lipinski definition) is 2. The Hall–Kier alpha value is -2.89. The second-order valence-electron chi connectivity index (χ2n) is 4.92. The molecule has 0 aliphatic carbocycles. The summed E-state index contributed by atoms with van der Waals surface area (Å²) in [5, 5.41) is 12.0. The Labute approximate surface area is 122 Å². The van der Waals surface area contributed by atoms with Crippen molar-refractivity contribution in [2.24, 2.45) is 0 Å². The Kier molecular flexibility index (Phi) is 3.27. The summed E-state index contributed by atoms with van der Waals surface area (Å²) in [6, 6.07) is 15.4. The molecule has 0 fully saturated rings. The molecule has 6 nitrogen and oxygen atoms in total. The third-order valence-corrected chi connectivity index (χ3v) is 3.38. The van der Waals surface area contributed by atoms with Gasteiger partial charge in [-0.1, -0.05) is 30.3 Å². The minimum absolute atomic E-state index is 0.0128. The Balaban J connectivity index is 2.05. The number of nitrogen functional groups attached to an aromatic ring is 2. The second kappa shape index (κ2) is 5.24. The fraction of sp³-hybridized carbons (Fsp3) is 0.133. The highest BCUT2D eigenvalue weighted by atomic mass is 15.5. The number of benzene rings is 2. The molecule has 0 radical (unpaired) electrons. The van der Waals surface area contributed by atoms with Crippen molar-refractivity contribution in [1.82, 2.24) is 20.2 Å². The fourth-order valence-electron chi connectivity index (χ4n) is 2.32. The second-order valence-corrected chi connectivity index (χ2v) is 4.92. The van der Waals surface area contributed by atoms with Crippen LogP contribution in [0, 0.1) is 0 Å². The molecule has 2 aromatic carbocycles. The molecule has 3 rings (SSSR count). The molecule has 3 aromatic rings. The maximum absolute atomic E-state index is 5.84. The minimum Gasteiger partial charge on any atom is -0.399 e. The molecule has 106 valence electrons. The molecule has 1 aromatic heterocycles. The predicted molar refractivity (Wildman–Crippen MR) is 82.3 cm³/mol. The molecule has 0 saturated carbocycles. The first-order valence-electron chi connectivity index (χ1n) is 6.64. The van der Waals surface area contributed by atoms with Crippen LogP contribution in [0.25, 0.3) is 11.4 Å². The largest absolute Gasteiger partial charge is 0.399 e. The van der Waals surface area contributed by atoms with E-state index in [0.717, 1.165) is 11.1 Å². The van der Waals surface area contributed by atoms with Gasteiger partial charge in [0.2, 0.25) is 0 Å². The van der Waals surface area contributed by atoms with Crippen LogP contribution >= 0.6 is 0 Å². The highest BCUT2D eigenvalue weighted by molar-refractivity contribution is 5.68. The quantitative estimate of drug-likeness (QED) is 0.716. The van der Waals surface area contributed by atoms with Crippen LogP contribution in [0.2, 0.25) is 0 Å². The van der Waals surface area contributed by atoms with Crippen molar-refractivity contribution in [3.05, 3.63) is 54.1 Å². The lowest BCUT2D eigenvalue weighted by Gasteiger charge is -2.14. The summed E-state index contributed by atoms with van der Waals surface area (Å²) >= 11 is 0.